The van der Waals surface area contributed by atoms with E-state index in [1.807, 2.05) is 33.6 Å². The van der Waals surface area contributed by atoms with Crippen LogP contribution in [0.25, 0.3) is 0 Å². The van der Waals surface area contributed by atoms with E-state index in [1.165, 1.54) is 16.8 Å². The van der Waals surface area contributed by atoms with Crippen molar-refractivity contribution in [2.75, 3.05) is 0 Å². The maximum absolute atomic E-state index is 12.4. The number of nitrogens with one attached hydrogen (secondary N) is 1. The molecular weight excluding hydrogens is 324 g/mol. The minimum Gasteiger partial charge on any atom is -0.311 e. The molecule has 134 valence electrons. The Labute approximate surface area is 153 Å². The predicted octanol–water partition coefficient (Wildman–Crippen LogP) is 2.39. The summed E-state index contributed by atoms with van der Waals surface area (Å²) in [5.74, 6) is 0. The fraction of sp³-hybridized carbons (Fsp3) is 0.333. The lowest BCUT2D eigenvalue weighted by atomic mass is 9.91. The van der Waals surface area contributed by atoms with E-state index in [2.05, 4.69) is 34.7 Å². The van der Waals surface area contributed by atoms with E-state index in [0.717, 1.165) is 32.4 Å². The van der Waals surface area contributed by atoms with Crippen LogP contribution in [0.15, 0.2) is 65.7 Å². The van der Waals surface area contributed by atoms with Crippen molar-refractivity contribution in [3.63, 3.8) is 0 Å². The normalized spacial score (nSPS) is 16.4. The van der Waals surface area contributed by atoms with Gasteiger partial charge in [0.2, 0.25) is 0 Å². The van der Waals surface area contributed by atoms with E-state index in [9.17, 15) is 4.79 Å². The second-order valence-electron chi connectivity index (χ2n) is 6.87. The highest BCUT2D eigenvalue weighted by molar-refractivity contribution is 5.26. The smallest absolute Gasteiger partial charge is 0.250 e. The molecule has 1 atom stereocenters. The Bertz CT molecular complexity index is 900. The molecule has 0 bridgehead atoms. The number of rotatable bonds is 6. The van der Waals surface area contributed by atoms with Gasteiger partial charge in [-0.1, -0.05) is 36.4 Å². The Morgan fingerprint density at radius 3 is 2.77 bits per heavy atom. The highest BCUT2D eigenvalue weighted by Crippen LogP contribution is 2.20. The summed E-state index contributed by atoms with van der Waals surface area (Å²) in [6.07, 6.45) is 6.68. The van der Waals surface area contributed by atoms with Crippen molar-refractivity contribution in [1.82, 2.24) is 19.7 Å². The zero-order valence-electron chi connectivity index (χ0n) is 14.8. The van der Waals surface area contributed by atoms with E-state index in [4.69, 9.17) is 0 Å². The molecule has 1 aliphatic rings. The number of hydrogen-bond donors (Lipinski definition) is 1. The first kappa shape index (κ1) is 16.8. The summed E-state index contributed by atoms with van der Waals surface area (Å²) < 4.78 is 3.81. The average Bonchev–Trinajstić information content (AvgIpc) is 3.20. The van der Waals surface area contributed by atoms with E-state index >= 15 is 0 Å². The lowest BCUT2D eigenvalue weighted by molar-refractivity contribution is 0.431. The van der Waals surface area contributed by atoms with Gasteiger partial charge in [0, 0.05) is 43.3 Å². The SMILES string of the molecule is O=c1ccc2c(n1CCn1cccn1)CCC(NCc1ccccc1)C2. The summed E-state index contributed by atoms with van der Waals surface area (Å²) in [5, 5.41) is 7.90. The van der Waals surface area contributed by atoms with Crippen LogP contribution in [0.2, 0.25) is 0 Å². The van der Waals surface area contributed by atoms with Crippen LogP contribution in [-0.4, -0.2) is 20.4 Å². The second-order valence-corrected chi connectivity index (χ2v) is 6.87. The molecule has 26 heavy (non-hydrogen) atoms. The first-order valence-corrected chi connectivity index (χ1v) is 9.26. The van der Waals surface area contributed by atoms with Gasteiger partial charge in [0.05, 0.1) is 6.54 Å². The number of aromatic nitrogens is 3. The van der Waals surface area contributed by atoms with E-state index in [-0.39, 0.29) is 5.56 Å². The largest absolute Gasteiger partial charge is 0.311 e. The van der Waals surface area contributed by atoms with Gasteiger partial charge in [0.1, 0.15) is 0 Å². The van der Waals surface area contributed by atoms with Crippen molar-refractivity contribution in [3.05, 3.63) is 88.1 Å². The summed E-state index contributed by atoms with van der Waals surface area (Å²) in [5.41, 5.74) is 3.89. The molecule has 1 unspecified atom stereocenters. The molecule has 2 aromatic heterocycles. The molecule has 0 radical (unpaired) electrons. The molecule has 1 aliphatic carbocycles. The Kier molecular flexibility index (Phi) is 4.97. The molecule has 1 N–H and O–H groups in total. The van der Waals surface area contributed by atoms with Crippen LogP contribution in [0.1, 0.15) is 23.2 Å². The maximum Gasteiger partial charge on any atom is 0.250 e. The monoisotopic (exact) mass is 348 g/mol. The molecule has 0 saturated carbocycles. The number of benzene rings is 1. The molecule has 5 nitrogen and oxygen atoms in total. The first-order valence-electron chi connectivity index (χ1n) is 9.26. The van der Waals surface area contributed by atoms with Crippen LogP contribution in [0.3, 0.4) is 0 Å². The van der Waals surface area contributed by atoms with Crippen molar-refractivity contribution >= 4 is 0 Å². The minimum atomic E-state index is 0.0894. The zero-order chi connectivity index (χ0) is 17.8. The third-order valence-corrected chi connectivity index (χ3v) is 5.14. The van der Waals surface area contributed by atoms with Gasteiger partial charge in [-0.25, -0.2) is 0 Å². The van der Waals surface area contributed by atoms with Crippen LogP contribution in [-0.2, 0) is 32.5 Å². The molecule has 0 saturated heterocycles. The summed E-state index contributed by atoms with van der Waals surface area (Å²) >= 11 is 0. The van der Waals surface area contributed by atoms with Gasteiger partial charge in [-0.3, -0.25) is 9.48 Å². The van der Waals surface area contributed by atoms with Crippen molar-refractivity contribution < 1.29 is 0 Å². The topological polar surface area (TPSA) is 51.9 Å². The Hall–Kier alpha value is -2.66. The first-order chi connectivity index (χ1) is 12.8. The second kappa shape index (κ2) is 7.70. The Morgan fingerprint density at radius 1 is 1.08 bits per heavy atom. The highest BCUT2D eigenvalue weighted by atomic mass is 16.1. The lowest BCUT2D eigenvalue weighted by Crippen LogP contribution is -2.37. The Morgan fingerprint density at radius 2 is 1.96 bits per heavy atom. The molecule has 0 aliphatic heterocycles. The number of fused-ring (bicyclic) bond motifs is 1. The third-order valence-electron chi connectivity index (χ3n) is 5.14. The van der Waals surface area contributed by atoms with Gasteiger partial charge in [-0.15, -0.1) is 0 Å². The van der Waals surface area contributed by atoms with E-state index in [1.54, 1.807) is 12.3 Å². The molecule has 0 spiro atoms. The molecule has 5 heteroatoms. The molecular formula is C21H24N4O. The van der Waals surface area contributed by atoms with Gasteiger partial charge in [0.15, 0.2) is 0 Å². The Balaban J connectivity index is 1.44. The lowest BCUT2D eigenvalue weighted by Gasteiger charge is -2.28. The van der Waals surface area contributed by atoms with Gasteiger partial charge in [-0.05, 0) is 36.5 Å². The van der Waals surface area contributed by atoms with Gasteiger partial charge in [-0.2, -0.15) is 5.10 Å². The van der Waals surface area contributed by atoms with Crippen LogP contribution in [0.5, 0.6) is 0 Å². The fourth-order valence-corrected chi connectivity index (χ4v) is 3.74. The van der Waals surface area contributed by atoms with Gasteiger partial charge < -0.3 is 9.88 Å². The van der Waals surface area contributed by atoms with Gasteiger partial charge in [0.25, 0.3) is 5.56 Å². The molecule has 4 rings (SSSR count). The average molecular weight is 348 g/mol. The summed E-state index contributed by atoms with van der Waals surface area (Å²) in [7, 11) is 0. The van der Waals surface area contributed by atoms with Crippen molar-refractivity contribution in [1.29, 1.82) is 0 Å². The molecule has 3 aromatic rings. The third kappa shape index (κ3) is 3.78. The summed E-state index contributed by atoms with van der Waals surface area (Å²) in [6.45, 7) is 2.28. The zero-order valence-corrected chi connectivity index (χ0v) is 14.8. The molecule has 0 amide bonds. The number of nitrogens with zero attached hydrogens (tertiary/aromatic N) is 3. The molecule has 0 fully saturated rings. The molecule has 1 aromatic carbocycles. The van der Waals surface area contributed by atoms with Crippen LogP contribution in [0.4, 0.5) is 0 Å². The highest BCUT2D eigenvalue weighted by Gasteiger charge is 2.21. The van der Waals surface area contributed by atoms with Gasteiger partial charge >= 0.3 is 0 Å². The van der Waals surface area contributed by atoms with Crippen molar-refractivity contribution in [2.24, 2.45) is 0 Å². The van der Waals surface area contributed by atoms with E-state index in [0.29, 0.717) is 12.6 Å². The quantitative estimate of drug-likeness (QED) is 0.744. The van der Waals surface area contributed by atoms with Crippen molar-refractivity contribution in [3.8, 4) is 0 Å². The minimum absolute atomic E-state index is 0.0894. The standard InChI is InChI=1S/C21H24N4O/c26-21-10-7-18-15-19(22-16-17-5-2-1-3-6-17)8-9-20(18)25(21)14-13-24-12-4-11-23-24/h1-7,10-12,19,22H,8-9,13-16H2. The van der Waals surface area contributed by atoms with Crippen LogP contribution < -0.4 is 10.9 Å². The van der Waals surface area contributed by atoms with Crippen LogP contribution >= 0.6 is 0 Å². The number of hydrogen-bond acceptors (Lipinski definition) is 3. The number of pyridine rings is 1. The fourth-order valence-electron chi connectivity index (χ4n) is 3.74. The predicted molar refractivity (Wildman–Crippen MR) is 102 cm³/mol. The maximum atomic E-state index is 12.4. The summed E-state index contributed by atoms with van der Waals surface area (Å²) in [6, 6.07) is 16.6. The van der Waals surface area contributed by atoms with Crippen LogP contribution in [0, 0.1) is 0 Å². The van der Waals surface area contributed by atoms with E-state index < -0.39 is 0 Å². The number of aryl methyl sites for hydroxylation is 1. The summed E-state index contributed by atoms with van der Waals surface area (Å²) in [4.78, 5) is 12.4. The van der Waals surface area contributed by atoms with Crippen molar-refractivity contribution in [2.45, 2.75) is 44.9 Å². The molecule has 2 heterocycles.